The summed E-state index contributed by atoms with van der Waals surface area (Å²) in [6.07, 6.45) is 2.36. The van der Waals surface area contributed by atoms with Gasteiger partial charge in [0.05, 0.1) is 11.2 Å². The summed E-state index contributed by atoms with van der Waals surface area (Å²) in [7, 11) is 0. The van der Waals surface area contributed by atoms with Crippen molar-refractivity contribution in [3.63, 3.8) is 0 Å². The SMILES string of the molecule is O=C(c1ccc(F)cn1)c1ccc(Cl)cn1. The van der Waals surface area contributed by atoms with E-state index < -0.39 is 5.82 Å². The summed E-state index contributed by atoms with van der Waals surface area (Å²) in [5.41, 5.74) is 0.375. The van der Waals surface area contributed by atoms with Gasteiger partial charge in [0, 0.05) is 6.20 Å². The van der Waals surface area contributed by atoms with E-state index in [-0.39, 0.29) is 17.2 Å². The summed E-state index contributed by atoms with van der Waals surface area (Å²) in [6, 6.07) is 5.55. The minimum Gasteiger partial charge on any atom is -0.285 e. The lowest BCUT2D eigenvalue weighted by Gasteiger charge is -1.99. The van der Waals surface area contributed by atoms with Crippen LogP contribution < -0.4 is 0 Å². The first-order valence-electron chi connectivity index (χ1n) is 4.44. The van der Waals surface area contributed by atoms with Gasteiger partial charge >= 0.3 is 0 Å². The molecule has 0 atom stereocenters. The Kier molecular flexibility index (Phi) is 2.92. The molecule has 80 valence electrons. The zero-order valence-corrected chi connectivity index (χ0v) is 8.78. The van der Waals surface area contributed by atoms with Crippen molar-refractivity contribution in [1.82, 2.24) is 9.97 Å². The average Bonchev–Trinajstić information content (AvgIpc) is 2.30. The molecule has 0 spiro atoms. The first-order chi connectivity index (χ1) is 7.66. The van der Waals surface area contributed by atoms with E-state index in [2.05, 4.69) is 9.97 Å². The standard InChI is InChI=1S/C11H6ClFN2O/c12-7-1-3-9(14-5-7)11(16)10-4-2-8(13)6-15-10/h1-6H. The molecule has 5 heteroatoms. The number of hydrogen-bond donors (Lipinski definition) is 0. The van der Waals surface area contributed by atoms with Gasteiger partial charge < -0.3 is 0 Å². The molecular formula is C11H6ClFN2O. The molecule has 0 bridgehead atoms. The van der Waals surface area contributed by atoms with Gasteiger partial charge in [-0.3, -0.25) is 9.78 Å². The second-order valence-corrected chi connectivity index (χ2v) is 3.49. The smallest absolute Gasteiger partial charge is 0.229 e. The Bertz CT molecular complexity index is 463. The average molecular weight is 237 g/mol. The highest BCUT2D eigenvalue weighted by atomic mass is 35.5. The Labute approximate surface area is 95.9 Å². The van der Waals surface area contributed by atoms with Crippen LogP contribution in [-0.2, 0) is 0 Å². The number of ketones is 1. The lowest BCUT2D eigenvalue weighted by Crippen LogP contribution is -2.05. The maximum Gasteiger partial charge on any atom is 0.229 e. The van der Waals surface area contributed by atoms with Gasteiger partial charge in [-0.05, 0) is 24.3 Å². The van der Waals surface area contributed by atoms with E-state index in [0.29, 0.717) is 5.02 Å². The lowest BCUT2D eigenvalue weighted by molar-refractivity contribution is 0.102. The molecule has 0 unspecified atom stereocenters. The molecule has 0 aromatic carbocycles. The zero-order valence-electron chi connectivity index (χ0n) is 8.02. The number of pyridine rings is 2. The van der Waals surface area contributed by atoms with Gasteiger partial charge in [0.25, 0.3) is 0 Å². The van der Waals surface area contributed by atoms with Crippen LogP contribution in [0.3, 0.4) is 0 Å². The molecule has 0 aliphatic carbocycles. The summed E-state index contributed by atoms with van der Waals surface area (Å²) in [5.74, 6) is -0.850. The first kappa shape index (κ1) is 10.7. The van der Waals surface area contributed by atoms with Crippen molar-refractivity contribution in [3.8, 4) is 0 Å². The summed E-state index contributed by atoms with van der Waals surface area (Å²) in [4.78, 5) is 19.3. The summed E-state index contributed by atoms with van der Waals surface area (Å²) in [5, 5.41) is 0.448. The topological polar surface area (TPSA) is 42.9 Å². The minimum absolute atomic E-state index is 0.149. The Balaban J connectivity index is 2.32. The third-order valence-electron chi connectivity index (χ3n) is 1.92. The van der Waals surface area contributed by atoms with Gasteiger partial charge in [0.2, 0.25) is 5.78 Å². The van der Waals surface area contributed by atoms with Crippen LogP contribution in [0, 0.1) is 5.82 Å². The third-order valence-corrected chi connectivity index (χ3v) is 2.14. The normalized spacial score (nSPS) is 10.1. The molecule has 0 fully saturated rings. The number of aromatic nitrogens is 2. The summed E-state index contributed by atoms with van der Waals surface area (Å²) >= 11 is 5.64. The molecule has 0 radical (unpaired) electrons. The number of halogens is 2. The molecule has 0 saturated heterocycles. The quantitative estimate of drug-likeness (QED) is 0.753. The molecule has 0 N–H and O–H groups in total. The number of hydrogen-bond acceptors (Lipinski definition) is 3. The van der Waals surface area contributed by atoms with E-state index in [4.69, 9.17) is 11.6 Å². The monoisotopic (exact) mass is 236 g/mol. The molecule has 2 aromatic heterocycles. The van der Waals surface area contributed by atoms with Crippen molar-refractivity contribution in [2.24, 2.45) is 0 Å². The maximum absolute atomic E-state index is 12.6. The highest BCUT2D eigenvalue weighted by Gasteiger charge is 2.11. The molecule has 2 rings (SSSR count). The number of carbonyl (C=O) groups is 1. The summed E-state index contributed by atoms with van der Waals surface area (Å²) < 4.78 is 12.6. The van der Waals surface area contributed by atoms with Crippen LogP contribution in [0.2, 0.25) is 5.02 Å². The van der Waals surface area contributed by atoms with Gasteiger partial charge in [0.1, 0.15) is 17.2 Å². The van der Waals surface area contributed by atoms with Gasteiger partial charge in [-0.15, -0.1) is 0 Å². The molecule has 0 amide bonds. The van der Waals surface area contributed by atoms with Gasteiger partial charge in [-0.2, -0.15) is 0 Å². The molecule has 3 nitrogen and oxygen atoms in total. The second kappa shape index (κ2) is 4.37. The highest BCUT2D eigenvalue weighted by molar-refractivity contribution is 6.30. The molecule has 2 heterocycles. The first-order valence-corrected chi connectivity index (χ1v) is 4.82. The molecule has 0 aliphatic rings. The van der Waals surface area contributed by atoms with E-state index in [1.54, 1.807) is 6.07 Å². The van der Waals surface area contributed by atoms with Crippen molar-refractivity contribution in [2.75, 3.05) is 0 Å². The van der Waals surface area contributed by atoms with Crippen molar-refractivity contribution in [1.29, 1.82) is 0 Å². The summed E-state index contributed by atoms with van der Waals surface area (Å²) in [6.45, 7) is 0. The van der Waals surface area contributed by atoms with E-state index >= 15 is 0 Å². The van der Waals surface area contributed by atoms with Crippen molar-refractivity contribution < 1.29 is 9.18 Å². The molecule has 2 aromatic rings. The second-order valence-electron chi connectivity index (χ2n) is 3.05. The maximum atomic E-state index is 12.6. The van der Waals surface area contributed by atoms with Gasteiger partial charge in [0.15, 0.2) is 0 Å². The van der Waals surface area contributed by atoms with Crippen LogP contribution in [0.4, 0.5) is 4.39 Å². The predicted molar refractivity (Wildman–Crippen MR) is 56.9 cm³/mol. The van der Waals surface area contributed by atoms with E-state index in [1.165, 1.54) is 24.4 Å². The van der Waals surface area contributed by atoms with Crippen molar-refractivity contribution in [3.05, 3.63) is 58.9 Å². The number of carbonyl (C=O) groups excluding carboxylic acids is 1. The Morgan fingerprint density at radius 3 is 2.19 bits per heavy atom. The van der Waals surface area contributed by atoms with Crippen LogP contribution in [0.15, 0.2) is 36.7 Å². The van der Waals surface area contributed by atoms with Gasteiger partial charge in [-0.1, -0.05) is 11.6 Å². The fraction of sp³-hybridized carbons (Fsp3) is 0. The van der Waals surface area contributed by atoms with Crippen LogP contribution >= 0.6 is 11.6 Å². The minimum atomic E-state index is -0.486. The van der Waals surface area contributed by atoms with E-state index in [0.717, 1.165) is 6.20 Å². The van der Waals surface area contributed by atoms with Crippen LogP contribution in [-0.4, -0.2) is 15.8 Å². The Morgan fingerprint density at radius 2 is 1.69 bits per heavy atom. The van der Waals surface area contributed by atoms with Gasteiger partial charge in [-0.25, -0.2) is 9.37 Å². The molecule has 0 aliphatic heterocycles. The number of rotatable bonds is 2. The fourth-order valence-electron chi connectivity index (χ4n) is 1.15. The predicted octanol–water partition coefficient (Wildman–Crippen LogP) is 2.50. The van der Waals surface area contributed by atoms with Crippen molar-refractivity contribution >= 4 is 17.4 Å². The largest absolute Gasteiger partial charge is 0.285 e. The Morgan fingerprint density at radius 1 is 1.06 bits per heavy atom. The van der Waals surface area contributed by atoms with Crippen molar-refractivity contribution in [2.45, 2.75) is 0 Å². The third kappa shape index (κ3) is 2.23. The van der Waals surface area contributed by atoms with Crippen LogP contribution in [0.5, 0.6) is 0 Å². The zero-order chi connectivity index (χ0) is 11.5. The Hall–Kier alpha value is -1.81. The van der Waals surface area contributed by atoms with Crippen LogP contribution in [0.25, 0.3) is 0 Å². The van der Waals surface area contributed by atoms with Crippen LogP contribution in [0.1, 0.15) is 16.2 Å². The molecule has 16 heavy (non-hydrogen) atoms. The van der Waals surface area contributed by atoms with E-state index in [1.807, 2.05) is 0 Å². The molecular weight excluding hydrogens is 231 g/mol. The molecule has 0 saturated carbocycles. The number of nitrogens with zero attached hydrogens (tertiary/aromatic N) is 2. The lowest BCUT2D eigenvalue weighted by atomic mass is 10.2. The fourth-order valence-corrected chi connectivity index (χ4v) is 1.26. The highest BCUT2D eigenvalue weighted by Crippen LogP contribution is 2.09. The van der Waals surface area contributed by atoms with E-state index in [9.17, 15) is 9.18 Å².